The van der Waals surface area contributed by atoms with Gasteiger partial charge in [0, 0.05) is 17.3 Å². The molecule has 0 aliphatic carbocycles. The maximum Gasteiger partial charge on any atom is 0.111 e. The van der Waals surface area contributed by atoms with Crippen LogP contribution in [0.2, 0.25) is 0 Å². The van der Waals surface area contributed by atoms with Crippen molar-refractivity contribution in [1.82, 2.24) is 4.57 Å². The first-order valence-electron chi connectivity index (χ1n) is 4.28. The summed E-state index contributed by atoms with van der Waals surface area (Å²) in [6.07, 6.45) is 1.95. The van der Waals surface area contributed by atoms with Gasteiger partial charge in [0.25, 0.3) is 0 Å². The van der Waals surface area contributed by atoms with Crippen LogP contribution in [0.4, 0.5) is 0 Å². The van der Waals surface area contributed by atoms with Gasteiger partial charge in [0.15, 0.2) is 0 Å². The lowest BCUT2D eigenvalue weighted by molar-refractivity contribution is 0.277. The van der Waals surface area contributed by atoms with Gasteiger partial charge in [-0.3, -0.25) is 0 Å². The topological polar surface area (TPSA) is 25.2 Å². The van der Waals surface area contributed by atoms with E-state index in [1.165, 1.54) is 0 Å². The number of aromatic nitrogens is 1. The molecule has 0 radical (unpaired) electrons. The zero-order valence-electron chi connectivity index (χ0n) is 8.24. The molecule has 0 bridgehead atoms. The lowest BCUT2D eigenvalue weighted by Crippen LogP contribution is -2.23. The fourth-order valence-electron chi connectivity index (χ4n) is 1.19. The summed E-state index contributed by atoms with van der Waals surface area (Å²) in [5, 5.41) is 9.03. The Morgan fingerprint density at radius 1 is 1.46 bits per heavy atom. The fraction of sp³-hybridized carbons (Fsp3) is 0.500. The van der Waals surface area contributed by atoms with Crippen LogP contribution in [0.15, 0.2) is 18.3 Å². The molecule has 0 atom stereocenters. The molecule has 1 N–H and O–H groups in total. The van der Waals surface area contributed by atoms with Crippen molar-refractivity contribution in [2.75, 3.05) is 0 Å². The van der Waals surface area contributed by atoms with Crippen molar-refractivity contribution in [3.63, 3.8) is 0 Å². The highest BCUT2D eigenvalue weighted by atomic mass is 32.1. The van der Waals surface area contributed by atoms with Gasteiger partial charge in [0.1, 0.15) is 4.64 Å². The second kappa shape index (κ2) is 3.60. The minimum absolute atomic E-state index is 0.00968. The van der Waals surface area contributed by atoms with E-state index in [4.69, 9.17) is 17.3 Å². The summed E-state index contributed by atoms with van der Waals surface area (Å²) in [6, 6.07) is 3.76. The van der Waals surface area contributed by atoms with E-state index in [-0.39, 0.29) is 12.1 Å². The number of aliphatic hydroxyl groups excluding tert-OH is 1. The quantitative estimate of drug-likeness (QED) is 0.700. The second-order valence-electron chi connectivity index (χ2n) is 4.04. The number of pyridine rings is 1. The van der Waals surface area contributed by atoms with Gasteiger partial charge in [0.05, 0.1) is 6.61 Å². The van der Waals surface area contributed by atoms with Gasteiger partial charge in [-0.2, -0.15) is 0 Å². The van der Waals surface area contributed by atoms with E-state index in [1.54, 1.807) is 0 Å². The van der Waals surface area contributed by atoms with Crippen LogP contribution in [-0.4, -0.2) is 9.67 Å². The van der Waals surface area contributed by atoms with Gasteiger partial charge in [0.2, 0.25) is 0 Å². The maximum absolute atomic E-state index is 9.03. The Morgan fingerprint density at radius 3 is 2.54 bits per heavy atom. The zero-order valence-corrected chi connectivity index (χ0v) is 9.06. The normalized spacial score (nSPS) is 11.7. The van der Waals surface area contributed by atoms with E-state index in [0.29, 0.717) is 0 Å². The summed E-state index contributed by atoms with van der Waals surface area (Å²) in [5.74, 6) is 0. The Kier molecular flexibility index (Phi) is 2.88. The van der Waals surface area contributed by atoms with Crippen LogP contribution in [0.1, 0.15) is 26.3 Å². The Bertz CT molecular complexity index is 349. The minimum atomic E-state index is -0.0255. The first-order chi connectivity index (χ1) is 5.96. The van der Waals surface area contributed by atoms with E-state index in [0.717, 1.165) is 10.2 Å². The third-order valence-corrected chi connectivity index (χ3v) is 2.38. The summed E-state index contributed by atoms with van der Waals surface area (Å²) in [6.45, 7) is 6.27. The summed E-state index contributed by atoms with van der Waals surface area (Å²) in [4.78, 5) is 0. The van der Waals surface area contributed by atoms with Crippen molar-refractivity contribution in [3.8, 4) is 0 Å². The molecule has 0 spiro atoms. The molecule has 0 amide bonds. The molecule has 0 aliphatic heterocycles. The van der Waals surface area contributed by atoms with Crippen molar-refractivity contribution in [1.29, 1.82) is 0 Å². The molecular formula is C10H15NOS. The summed E-state index contributed by atoms with van der Waals surface area (Å²) >= 11 is 5.24. The molecule has 1 rings (SSSR count). The lowest BCUT2D eigenvalue weighted by Gasteiger charge is -2.24. The Morgan fingerprint density at radius 2 is 2.08 bits per heavy atom. The predicted molar refractivity (Wildman–Crippen MR) is 56.2 cm³/mol. The van der Waals surface area contributed by atoms with Gasteiger partial charge in [-0.25, -0.2) is 0 Å². The van der Waals surface area contributed by atoms with Crippen molar-refractivity contribution < 1.29 is 5.11 Å². The highest BCUT2D eigenvalue weighted by Crippen LogP contribution is 2.16. The van der Waals surface area contributed by atoms with E-state index in [2.05, 4.69) is 20.8 Å². The predicted octanol–water partition coefficient (Wildman–Crippen LogP) is 2.46. The van der Waals surface area contributed by atoms with Gasteiger partial charge in [-0.1, -0.05) is 18.3 Å². The van der Waals surface area contributed by atoms with Crippen molar-refractivity contribution in [3.05, 3.63) is 28.5 Å². The van der Waals surface area contributed by atoms with E-state index < -0.39 is 0 Å². The number of nitrogens with zero attached hydrogens (tertiary/aromatic N) is 1. The standard InChI is InChI=1S/C10H15NOS/c1-10(2,3)11-6-4-5-8(7-12)9(11)13/h4-6,12H,7H2,1-3H3. The molecule has 0 aliphatic rings. The molecule has 1 aromatic heterocycles. The van der Waals surface area contributed by atoms with Crippen LogP contribution in [-0.2, 0) is 12.1 Å². The smallest absolute Gasteiger partial charge is 0.111 e. The molecule has 2 nitrogen and oxygen atoms in total. The highest BCUT2D eigenvalue weighted by Gasteiger charge is 2.12. The molecule has 3 heteroatoms. The summed E-state index contributed by atoms with van der Waals surface area (Å²) in [5.41, 5.74) is 0.787. The third-order valence-electron chi connectivity index (χ3n) is 1.92. The fourth-order valence-corrected chi connectivity index (χ4v) is 1.65. The molecule has 1 heterocycles. The molecule has 1 aromatic rings. The number of aliphatic hydroxyl groups is 1. The lowest BCUT2D eigenvalue weighted by atomic mass is 10.1. The maximum atomic E-state index is 9.03. The monoisotopic (exact) mass is 197 g/mol. The van der Waals surface area contributed by atoms with Crippen molar-refractivity contribution in [2.24, 2.45) is 0 Å². The van der Waals surface area contributed by atoms with Gasteiger partial charge < -0.3 is 9.67 Å². The van der Waals surface area contributed by atoms with Crippen molar-refractivity contribution >= 4 is 12.2 Å². The first-order valence-corrected chi connectivity index (χ1v) is 4.69. The van der Waals surface area contributed by atoms with E-state index in [1.807, 2.05) is 22.9 Å². The molecular weight excluding hydrogens is 182 g/mol. The zero-order chi connectivity index (χ0) is 10.1. The van der Waals surface area contributed by atoms with E-state index >= 15 is 0 Å². The average molecular weight is 197 g/mol. The van der Waals surface area contributed by atoms with Gasteiger partial charge >= 0.3 is 0 Å². The van der Waals surface area contributed by atoms with Crippen LogP contribution < -0.4 is 0 Å². The Hall–Kier alpha value is -0.670. The number of rotatable bonds is 1. The Labute approximate surface area is 83.8 Å². The van der Waals surface area contributed by atoms with Crippen LogP contribution in [0, 0.1) is 4.64 Å². The number of hydrogen-bond donors (Lipinski definition) is 1. The molecule has 0 saturated carbocycles. The molecule has 0 fully saturated rings. The minimum Gasteiger partial charge on any atom is -0.392 e. The highest BCUT2D eigenvalue weighted by molar-refractivity contribution is 7.71. The van der Waals surface area contributed by atoms with Gasteiger partial charge in [-0.15, -0.1) is 0 Å². The van der Waals surface area contributed by atoms with Crippen LogP contribution in [0.5, 0.6) is 0 Å². The largest absolute Gasteiger partial charge is 0.392 e. The first kappa shape index (κ1) is 10.4. The van der Waals surface area contributed by atoms with Crippen LogP contribution >= 0.6 is 12.2 Å². The van der Waals surface area contributed by atoms with E-state index in [9.17, 15) is 0 Å². The third kappa shape index (κ3) is 2.17. The number of hydrogen-bond acceptors (Lipinski definition) is 2. The molecule has 0 unspecified atom stereocenters. The average Bonchev–Trinajstić information content (AvgIpc) is 2.02. The summed E-state index contributed by atoms with van der Waals surface area (Å²) in [7, 11) is 0. The van der Waals surface area contributed by atoms with Crippen LogP contribution in [0.3, 0.4) is 0 Å². The Balaban J connectivity index is 3.33. The van der Waals surface area contributed by atoms with Crippen LogP contribution in [0.25, 0.3) is 0 Å². The molecule has 0 aromatic carbocycles. The molecule has 0 saturated heterocycles. The van der Waals surface area contributed by atoms with Gasteiger partial charge in [-0.05, 0) is 26.8 Å². The molecule has 13 heavy (non-hydrogen) atoms. The van der Waals surface area contributed by atoms with Crippen molar-refractivity contribution in [2.45, 2.75) is 32.9 Å². The second-order valence-corrected chi connectivity index (χ2v) is 4.42. The SMILES string of the molecule is CC(C)(C)n1cccc(CO)c1=S. The molecule has 72 valence electrons. The summed E-state index contributed by atoms with van der Waals surface area (Å²) < 4.78 is 2.71.